The zero-order chi connectivity index (χ0) is 19.5. The van der Waals surface area contributed by atoms with E-state index < -0.39 is 6.04 Å². The van der Waals surface area contributed by atoms with E-state index in [0.29, 0.717) is 25.1 Å². The monoisotopic (exact) mass is 384 g/mol. The number of fused-ring (bicyclic) bond motifs is 1. The first-order valence-corrected chi connectivity index (χ1v) is 9.85. The fourth-order valence-corrected chi connectivity index (χ4v) is 5.04. The third-order valence-corrected chi connectivity index (χ3v) is 6.59. The number of nitrogens with one attached hydrogen (secondary N) is 2. The van der Waals surface area contributed by atoms with Crippen molar-refractivity contribution < 1.29 is 19.5 Å². The van der Waals surface area contributed by atoms with Crippen LogP contribution >= 0.6 is 0 Å². The molecule has 0 aliphatic carbocycles. The Labute approximate surface area is 162 Å². The van der Waals surface area contributed by atoms with E-state index in [1.54, 1.807) is 4.90 Å². The van der Waals surface area contributed by atoms with Gasteiger partial charge in [-0.3, -0.25) is 24.6 Å². The summed E-state index contributed by atoms with van der Waals surface area (Å²) < 4.78 is 0. The van der Waals surface area contributed by atoms with Crippen molar-refractivity contribution >= 4 is 17.7 Å². The fraction of sp³-hybridized carbons (Fsp3) is 0.550. The molecule has 3 fully saturated rings. The highest BCUT2D eigenvalue weighted by Crippen LogP contribution is 2.35. The molecule has 2 atom stereocenters. The molecule has 4 heterocycles. The van der Waals surface area contributed by atoms with Gasteiger partial charge < -0.3 is 15.3 Å². The predicted octanol–water partition coefficient (Wildman–Crippen LogP) is -0.644. The van der Waals surface area contributed by atoms with E-state index in [9.17, 15) is 19.5 Å². The van der Waals surface area contributed by atoms with E-state index in [0.717, 1.165) is 37.2 Å². The summed E-state index contributed by atoms with van der Waals surface area (Å²) in [5.74, 6) is -0.810. The number of β-amino-alcohol motifs (C(OH)–C–C–N with tert-alkyl or cyclic N) is 1. The smallest absolute Gasteiger partial charge is 0.255 e. The highest BCUT2D eigenvalue weighted by atomic mass is 16.3. The van der Waals surface area contributed by atoms with E-state index >= 15 is 0 Å². The molecule has 0 saturated carbocycles. The van der Waals surface area contributed by atoms with Gasteiger partial charge in [0.15, 0.2) is 0 Å². The van der Waals surface area contributed by atoms with Crippen LogP contribution in [0.3, 0.4) is 0 Å². The maximum atomic E-state index is 12.8. The quantitative estimate of drug-likeness (QED) is 0.599. The fourth-order valence-electron chi connectivity index (χ4n) is 5.04. The number of amides is 3. The molecule has 3 amide bonds. The average molecular weight is 384 g/mol. The van der Waals surface area contributed by atoms with Gasteiger partial charge in [0, 0.05) is 50.2 Å². The summed E-state index contributed by atoms with van der Waals surface area (Å²) in [4.78, 5) is 40.3. The van der Waals surface area contributed by atoms with Crippen LogP contribution < -0.4 is 10.6 Å². The molecule has 0 aromatic heterocycles. The molecule has 148 valence electrons. The number of carbonyl (C=O) groups excluding carboxylic acids is 3. The lowest BCUT2D eigenvalue weighted by Gasteiger charge is -2.46. The average Bonchev–Trinajstić information content (AvgIpc) is 3.12. The molecule has 3 N–H and O–H groups in total. The summed E-state index contributed by atoms with van der Waals surface area (Å²) in [5, 5.41) is 15.8. The summed E-state index contributed by atoms with van der Waals surface area (Å²) in [6, 6.07) is 5.27. The molecule has 4 aliphatic heterocycles. The molecule has 1 aromatic rings. The highest BCUT2D eigenvalue weighted by Gasteiger charge is 2.49. The summed E-state index contributed by atoms with van der Waals surface area (Å²) >= 11 is 0. The van der Waals surface area contributed by atoms with Crippen molar-refractivity contribution in [2.75, 3.05) is 19.6 Å². The van der Waals surface area contributed by atoms with Gasteiger partial charge in [-0.05, 0) is 30.0 Å². The zero-order valence-corrected chi connectivity index (χ0v) is 15.6. The van der Waals surface area contributed by atoms with Crippen LogP contribution in [0.25, 0.3) is 0 Å². The minimum Gasteiger partial charge on any atom is -0.392 e. The lowest BCUT2D eigenvalue weighted by molar-refractivity contribution is -0.136. The third kappa shape index (κ3) is 2.75. The number of aliphatic hydroxyl groups excluding tert-OH is 1. The summed E-state index contributed by atoms with van der Waals surface area (Å²) in [6.07, 6.45) is 1.14. The van der Waals surface area contributed by atoms with Crippen molar-refractivity contribution in [1.82, 2.24) is 20.4 Å². The van der Waals surface area contributed by atoms with Gasteiger partial charge in [-0.25, -0.2) is 0 Å². The van der Waals surface area contributed by atoms with Crippen LogP contribution in [0.2, 0.25) is 0 Å². The van der Waals surface area contributed by atoms with Crippen LogP contribution in [0.1, 0.15) is 40.7 Å². The highest BCUT2D eigenvalue weighted by molar-refractivity contribution is 6.05. The normalized spacial score (nSPS) is 29.2. The van der Waals surface area contributed by atoms with E-state index in [2.05, 4.69) is 15.5 Å². The van der Waals surface area contributed by atoms with Gasteiger partial charge in [0.2, 0.25) is 11.8 Å². The summed E-state index contributed by atoms with van der Waals surface area (Å²) in [6.45, 7) is 3.59. The number of nitrogens with zero attached hydrogens (tertiary/aromatic N) is 2. The van der Waals surface area contributed by atoms with Crippen molar-refractivity contribution in [3.8, 4) is 0 Å². The Bertz CT molecular complexity index is 866. The standard InChI is InChI=1S/C20H24N4O4/c25-14-6-20(10-21-11-20)23(9-14)7-12-1-2-15-13(5-12)8-24(19(15)28)16-3-4-17(26)22-18(16)27/h1-2,5,14,16,21,25H,3-4,6-11H2,(H,22,26,27). The molecule has 1 aromatic carbocycles. The van der Waals surface area contributed by atoms with Crippen LogP contribution in [0, 0.1) is 0 Å². The largest absolute Gasteiger partial charge is 0.392 e. The number of imide groups is 1. The van der Waals surface area contributed by atoms with E-state index in [1.165, 1.54) is 0 Å². The van der Waals surface area contributed by atoms with Gasteiger partial charge in [-0.15, -0.1) is 0 Å². The summed E-state index contributed by atoms with van der Waals surface area (Å²) in [7, 11) is 0. The molecular weight excluding hydrogens is 360 g/mol. The first-order chi connectivity index (χ1) is 13.4. The van der Waals surface area contributed by atoms with E-state index in [-0.39, 0.29) is 35.8 Å². The first kappa shape index (κ1) is 17.8. The van der Waals surface area contributed by atoms with Gasteiger partial charge in [0.25, 0.3) is 5.91 Å². The predicted molar refractivity (Wildman–Crippen MR) is 99.1 cm³/mol. The van der Waals surface area contributed by atoms with E-state index in [1.807, 2.05) is 18.2 Å². The van der Waals surface area contributed by atoms with Crippen LogP contribution in [0.15, 0.2) is 18.2 Å². The van der Waals surface area contributed by atoms with Crippen LogP contribution in [0.5, 0.6) is 0 Å². The Morgan fingerprint density at radius 2 is 2.04 bits per heavy atom. The lowest BCUT2D eigenvalue weighted by Crippen LogP contribution is -2.65. The zero-order valence-electron chi connectivity index (χ0n) is 15.6. The van der Waals surface area contributed by atoms with E-state index in [4.69, 9.17) is 0 Å². The minimum atomic E-state index is -0.584. The molecule has 0 bridgehead atoms. The van der Waals surface area contributed by atoms with Gasteiger partial charge >= 0.3 is 0 Å². The van der Waals surface area contributed by atoms with Crippen molar-refractivity contribution in [2.45, 2.75) is 50.0 Å². The second kappa shape index (κ2) is 6.37. The maximum absolute atomic E-state index is 12.8. The molecule has 28 heavy (non-hydrogen) atoms. The molecule has 8 heteroatoms. The van der Waals surface area contributed by atoms with Gasteiger partial charge in [0.1, 0.15) is 6.04 Å². The van der Waals surface area contributed by atoms with Crippen molar-refractivity contribution in [3.63, 3.8) is 0 Å². The molecule has 0 radical (unpaired) electrons. The van der Waals surface area contributed by atoms with Crippen molar-refractivity contribution in [1.29, 1.82) is 0 Å². The van der Waals surface area contributed by atoms with Crippen LogP contribution in [-0.2, 0) is 22.7 Å². The number of aliphatic hydroxyl groups is 1. The van der Waals surface area contributed by atoms with Gasteiger partial charge in [-0.2, -0.15) is 0 Å². The molecular formula is C20H24N4O4. The molecule has 3 saturated heterocycles. The number of carbonyl (C=O) groups is 3. The number of hydrogen-bond donors (Lipinski definition) is 3. The number of rotatable bonds is 3. The molecule has 8 nitrogen and oxygen atoms in total. The second-order valence-electron chi connectivity index (χ2n) is 8.46. The number of benzene rings is 1. The van der Waals surface area contributed by atoms with Gasteiger partial charge in [-0.1, -0.05) is 12.1 Å². The Balaban J connectivity index is 1.33. The number of piperidine rings is 1. The van der Waals surface area contributed by atoms with Gasteiger partial charge in [0.05, 0.1) is 6.10 Å². The second-order valence-corrected chi connectivity index (χ2v) is 8.46. The topological polar surface area (TPSA) is 102 Å². The first-order valence-electron chi connectivity index (χ1n) is 9.85. The van der Waals surface area contributed by atoms with Crippen LogP contribution in [0.4, 0.5) is 0 Å². The van der Waals surface area contributed by atoms with Crippen molar-refractivity contribution in [2.24, 2.45) is 0 Å². The SMILES string of the molecule is O=C1CCC(N2Cc3cc(CN4CC(O)CC45CNC5)ccc3C2=O)C(=O)N1. The molecule has 2 unspecified atom stereocenters. The third-order valence-electron chi connectivity index (χ3n) is 6.59. The maximum Gasteiger partial charge on any atom is 0.255 e. The molecule has 5 rings (SSSR count). The summed E-state index contributed by atoms with van der Waals surface area (Å²) in [5.41, 5.74) is 2.72. The Morgan fingerprint density at radius 1 is 1.21 bits per heavy atom. The minimum absolute atomic E-state index is 0.0486. The Kier molecular flexibility index (Phi) is 4.04. The molecule has 1 spiro atoms. The lowest BCUT2D eigenvalue weighted by atomic mass is 9.88. The Hall–Kier alpha value is -2.29. The Morgan fingerprint density at radius 3 is 2.75 bits per heavy atom. The van der Waals surface area contributed by atoms with Crippen LogP contribution in [-0.4, -0.2) is 69.9 Å². The molecule has 4 aliphatic rings. The van der Waals surface area contributed by atoms with Crippen molar-refractivity contribution in [3.05, 3.63) is 34.9 Å². The number of hydrogen-bond acceptors (Lipinski definition) is 6. The number of likely N-dealkylation sites (tertiary alicyclic amines) is 1.